The molecule has 1 aliphatic heterocycles. The van der Waals surface area contributed by atoms with E-state index in [1.807, 2.05) is 0 Å². The molecule has 0 spiro atoms. The van der Waals surface area contributed by atoms with Gasteiger partial charge in [0, 0.05) is 0 Å². The van der Waals surface area contributed by atoms with Crippen molar-refractivity contribution < 1.29 is 0 Å². The van der Waals surface area contributed by atoms with Crippen LogP contribution < -0.4 is 5.32 Å². The van der Waals surface area contributed by atoms with E-state index in [2.05, 4.69) is 44.3 Å². The first-order valence-electron chi connectivity index (χ1n) is 6.50. The lowest BCUT2D eigenvalue weighted by Crippen LogP contribution is -2.35. The Morgan fingerprint density at radius 2 is 2.12 bits per heavy atom. The molecule has 1 heterocycles. The fraction of sp³-hybridized carbons (Fsp3) is 0.600. The number of rotatable bonds is 2. The van der Waals surface area contributed by atoms with E-state index in [9.17, 15) is 0 Å². The Balaban J connectivity index is 2.30. The zero-order valence-electron chi connectivity index (χ0n) is 10.7. The summed E-state index contributed by atoms with van der Waals surface area (Å²) in [6, 6.07) is 6.90. The van der Waals surface area contributed by atoms with Crippen molar-refractivity contribution in [1.29, 1.82) is 0 Å². The zero-order chi connectivity index (χ0) is 11.5. The van der Waals surface area contributed by atoms with Gasteiger partial charge in [0.2, 0.25) is 0 Å². The van der Waals surface area contributed by atoms with Gasteiger partial charge in [-0.25, -0.2) is 0 Å². The second kappa shape index (κ2) is 5.01. The first kappa shape index (κ1) is 11.7. The third-order valence-electron chi connectivity index (χ3n) is 3.97. The third kappa shape index (κ3) is 2.30. The van der Waals surface area contributed by atoms with Crippen molar-refractivity contribution in [3.8, 4) is 0 Å². The number of nitrogens with one attached hydrogen (secondary N) is 1. The predicted octanol–water partition coefficient (Wildman–Crippen LogP) is 3.41. The van der Waals surface area contributed by atoms with Crippen LogP contribution in [0.4, 0.5) is 0 Å². The van der Waals surface area contributed by atoms with Crippen molar-refractivity contribution in [3.63, 3.8) is 0 Å². The number of piperidine rings is 1. The largest absolute Gasteiger partial charge is 0.316 e. The summed E-state index contributed by atoms with van der Waals surface area (Å²) < 4.78 is 0. The van der Waals surface area contributed by atoms with Crippen LogP contribution in [-0.4, -0.2) is 13.1 Å². The highest BCUT2D eigenvalue weighted by molar-refractivity contribution is 5.34. The lowest BCUT2D eigenvalue weighted by molar-refractivity contribution is 0.317. The molecule has 88 valence electrons. The maximum absolute atomic E-state index is 3.52. The van der Waals surface area contributed by atoms with Crippen molar-refractivity contribution in [1.82, 2.24) is 5.32 Å². The SMILES string of the molecule is CCC1CNCCC1c1cc(C)ccc1C. The van der Waals surface area contributed by atoms with E-state index in [0.29, 0.717) is 0 Å². The van der Waals surface area contributed by atoms with Gasteiger partial charge >= 0.3 is 0 Å². The molecule has 1 aromatic carbocycles. The Bertz CT molecular complexity index is 356. The summed E-state index contributed by atoms with van der Waals surface area (Å²) >= 11 is 0. The highest BCUT2D eigenvalue weighted by atomic mass is 14.9. The normalized spacial score (nSPS) is 25.7. The van der Waals surface area contributed by atoms with E-state index >= 15 is 0 Å². The molecule has 1 heteroatoms. The summed E-state index contributed by atoms with van der Waals surface area (Å²) in [5.74, 6) is 1.58. The van der Waals surface area contributed by atoms with Crippen LogP contribution in [0, 0.1) is 19.8 Å². The molecule has 2 rings (SSSR count). The van der Waals surface area contributed by atoms with E-state index in [0.717, 1.165) is 11.8 Å². The minimum absolute atomic E-state index is 0.770. The van der Waals surface area contributed by atoms with Crippen LogP contribution >= 0.6 is 0 Å². The molecule has 0 saturated carbocycles. The average Bonchev–Trinajstić information content (AvgIpc) is 2.32. The maximum Gasteiger partial charge on any atom is -0.00148 e. The van der Waals surface area contributed by atoms with Gasteiger partial charge in [-0.1, -0.05) is 37.1 Å². The molecular formula is C15H23N. The standard InChI is InChI=1S/C15H23N/c1-4-13-10-16-8-7-14(13)15-9-11(2)5-6-12(15)3/h5-6,9,13-14,16H,4,7-8,10H2,1-3H3. The summed E-state index contributed by atoms with van der Waals surface area (Å²) in [5.41, 5.74) is 4.46. The van der Waals surface area contributed by atoms with E-state index in [-0.39, 0.29) is 0 Å². The Morgan fingerprint density at radius 3 is 2.88 bits per heavy atom. The van der Waals surface area contributed by atoms with E-state index in [1.165, 1.54) is 37.1 Å². The van der Waals surface area contributed by atoms with Crippen molar-refractivity contribution in [2.45, 2.75) is 39.5 Å². The summed E-state index contributed by atoms with van der Waals surface area (Å²) in [6.07, 6.45) is 2.58. The molecule has 0 amide bonds. The number of hydrogen-bond donors (Lipinski definition) is 1. The number of benzene rings is 1. The Kier molecular flexibility index (Phi) is 3.65. The monoisotopic (exact) mass is 217 g/mol. The molecule has 1 nitrogen and oxygen atoms in total. The Hall–Kier alpha value is -0.820. The summed E-state index contributed by atoms with van der Waals surface area (Å²) in [6.45, 7) is 9.13. The van der Waals surface area contributed by atoms with Gasteiger partial charge in [-0.2, -0.15) is 0 Å². The lowest BCUT2D eigenvalue weighted by Gasteiger charge is -2.33. The van der Waals surface area contributed by atoms with Gasteiger partial charge in [0.25, 0.3) is 0 Å². The van der Waals surface area contributed by atoms with Gasteiger partial charge in [0.1, 0.15) is 0 Å². The van der Waals surface area contributed by atoms with Gasteiger partial charge in [-0.15, -0.1) is 0 Å². The molecule has 0 aromatic heterocycles. The molecule has 1 N–H and O–H groups in total. The highest BCUT2D eigenvalue weighted by Crippen LogP contribution is 2.34. The molecule has 0 bridgehead atoms. The van der Waals surface area contributed by atoms with Crippen LogP contribution in [0.2, 0.25) is 0 Å². The second-order valence-corrected chi connectivity index (χ2v) is 5.13. The van der Waals surface area contributed by atoms with Gasteiger partial charge in [0.05, 0.1) is 0 Å². The van der Waals surface area contributed by atoms with Crippen molar-refractivity contribution in [2.75, 3.05) is 13.1 Å². The van der Waals surface area contributed by atoms with Crippen LogP contribution in [0.25, 0.3) is 0 Å². The van der Waals surface area contributed by atoms with Crippen molar-refractivity contribution in [3.05, 3.63) is 34.9 Å². The Labute approximate surface area is 99.3 Å². The Morgan fingerprint density at radius 1 is 1.31 bits per heavy atom. The fourth-order valence-corrected chi connectivity index (χ4v) is 2.92. The molecule has 1 fully saturated rings. The molecule has 0 radical (unpaired) electrons. The minimum atomic E-state index is 0.770. The van der Waals surface area contributed by atoms with E-state index in [4.69, 9.17) is 0 Å². The average molecular weight is 217 g/mol. The maximum atomic E-state index is 3.52. The number of aryl methyl sites for hydroxylation is 2. The molecule has 2 unspecified atom stereocenters. The predicted molar refractivity (Wildman–Crippen MR) is 69.9 cm³/mol. The van der Waals surface area contributed by atoms with Crippen LogP contribution in [0.5, 0.6) is 0 Å². The van der Waals surface area contributed by atoms with Crippen LogP contribution in [0.15, 0.2) is 18.2 Å². The fourth-order valence-electron chi connectivity index (χ4n) is 2.92. The van der Waals surface area contributed by atoms with E-state index < -0.39 is 0 Å². The summed E-state index contributed by atoms with van der Waals surface area (Å²) in [7, 11) is 0. The van der Waals surface area contributed by atoms with Crippen LogP contribution in [-0.2, 0) is 0 Å². The molecular weight excluding hydrogens is 194 g/mol. The van der Waals surface area contributed by atoms with Crippen LogP contribution in [0.1, 0.15) is 42.4 Å². The van der Waals surface area contributed by atoms with Gasteiger partial charge < -0.3 is 5.32 Å². The quantitative estimate of drug-likeness (QED) is 0.800. The lowest BCUT2D eigenvalue weighted by atomic mass is 9.78. The third-order valence-corrected chi connectivity index (χ3v) is 3.97. The smallest absolute Gasteiger partial charge is 0.00148 e. The van der Waals surface area contributed by atoms with Crippen molar-refractivity contribution >= 4 is 0 Å². The minimum Gasteiger partial charge on any atom is -0.316 e. The van der Waals surface area contributed by atoms with Gasteiger partial charge in [-0.3, -0.25) is 0 Å². The molecule has 16 heavy (non-hydrogen) atoms. The van der Waals surface area contributed by atoms with Crippen LogP contribution in [0.3, 0.4) is 0 Å². The molecule has 1 saturated heterocycles. The molecule has 2 atom stereocenters. The first-order chi connectivity index (χ1) is 7.72. The second-order valence-electron chi connectivity index (χ2n) is 5.13. The molecule has 1 aliphatic rings. The summed E-state index contributed by atoms with van der Waals surface area (Å²) in [5, 5.41) is 3.52. The molecule has 1 aromatic rings. The molecule has 0 aliphatic carbocycles. The van der Waals surface area contributed by atoms with Crippen molar-refractivity contribution in [2.24, 2.45) is 5.92 Å². The zero-order valence-corrected chi connectivity index (χ0v) is 10.7. The first-order valence-corrected chi connectivity index (χ1v) is 6.50. The number of hydrogen-bond acceptors (Lipinski definition) is 1. The van der Waals surface area contributed by atoms with E-state index in [1.54, 1.807) is 5.56 Å². The highest BCUT2D eigenvalue weighted by Gasteiger charge is 2.25. The summed E-state index contributed by atoms with van der Waals surface area (Å²) in [4.78, 5) is 0. The topological polar surface area (TPSA) is 12.0 Å². The van der Waals surface area contributed by atoms with Gasteiger partial charge in [-0.05, 0) is 56.3 Å². The van der Waals surface area contributed by atoms with Gasteiger partial charge in [0.15, 0.2) is 0 Å².